The molecule has 1 aliphatic carbocycles. The minimum atomic E-state index is -0.822. The van der Waals surface area contributed by atoms with Crippen LogP contribution < -0.4 is 10.6 Å². The van der Waals surface area contributed by atoms with Crippen molar-refractivity contribution in [2.45, 2.75) is 51.1 Å². The topological polar surface area (TPSA) is 87.7 Å². The van der Waals surface area contributed by atoms with Crippen LogP contribution in [-0.2, 0) is 9.53 Å². The first-order chi connectivity index (χ1) is 9.04. The first-order valence-corrected chi connectivity index (χ1v) is 6.83. The number of aliphatic carboxylic acids is 1. The molecule has 0 radical (unpaired) electrons. The Labute approximate surface area is 113 Å². The van der Waals surface area contributed by atoms with E-state index in [4.69, 9.17) is 9.84 Å². The number of urea groups is 1. The van der Waals surface area contributed by atoms with Gasteiger partial charge in [0.05, 0.1) is 5.92 Å². The molecule has 1 saturated carbocycles. The van der Waals surface area contributed by atoms with E-state index >= 15 is 0 Å². The lowest BCUT2D eigenvalue weighted by Gasteiger charge is -2.29. The molecule has 110 valence electrons. The minimum Gasteiger partial charge on any atom is -0.481 e. The summed E-state index contributed by atoms with van der Waals surface area (Å²) in [5.74, 6) is -1.29. The van der Waals surface area contributed by atoms with Gasteiger partial charge in [-0.25, -0.2) is 4.79 Å². The number of nitrogens with one attached hydrogen (secondary N) is 2. The van der Waals surface area contributed by atoms with Gasteiger partial charge in [-0.05, 0) is 26.2 Å². The summed E-state index contributed by atoms with van der Waals surface area (Å²) in [5, 5.41) is 14.7. The average molecular weight is 272 g/mol. The monoisotopic (exact) mass is 272 g/mol. The van der Waals surface area contributed by atoms with Crippen LogP contribution in [0, 0.1) is 5.92 Å². The van der Waals surface area contributed by atoms with Gasteiger partial charge in [-0.3, -0.25) is 4.79 Å². The summed E-state index contributed by atoms with van der Waals surface area (Å²) < 4.78 is 4.94. The van der Waals surface area contributed by atoms with E-state index in [0.717, 1.165) is 25.7 Å². The number of hydrogen-bond acceptors (Lipinski definition) is 3. The number of carboxylic acids is 1. The van der Waals surface area contributed by atoms with Gasteiger partial charge in [0.1, 0.15) is 0 Å². The number of rotatable bonds is 6. The molecule has 6 nitrogen and oxygen atoms in total. The molecule has 0 aromatic carbocycles. The third-order valence-electron chi connectivity index (χ3n) is 3.53. The Morgan fingerprint density at radius 3 is 2.68 bits per heavy atom. The molecule has 3 atom stereocenters. The van der Waals surface area contributed by atoms with E-state index in [9.17, 15) is 9.59 Å². The van der Waals surface area contributed by atoms with Gasteiger partial charge in [0.25, 0.3) is 0 Å². The van der Waals surface area contributed by atoms with E-state index in [2.05, 4.69) is 10.6 Å². The van der Waals surface area contributed by atoms with Crippen LogP contribution in [-0.4, -0.2) is 42.9 Å². The third kappa shape index (κ3) is 5.46. The van der Waals surface area contributed by atoms with Crippen LogP contribution in [0.2, 0.25) is 0 Å². The van der Waals surface area contributed by atoms with Crippen molar-refractivity contribution in [1.82, 2.24) is 10.6 Å². The van der Waals surface area contributed by atoms with Crippen LogP contribution in [0.3, 0.4) is 0 Å². The average Bonchev–Trinajstić information content (AvgIpc) is 2.36. The lowest BCUT2D eigenvalue weighted by Crippen LogP contribution is -2.50. The number of methoxy groups -OCH3 is 1. The SMILES string of the molecule is COCCC(C)NC(=O)NC1CCCCC1C(=O)O. The van der Waals surface area contributed by atoms with Gasteiger partial charge in [-0.2, -0.15) is 0 Å². The normalized spacial score (nSPS) is 24.5. The maximum absolute atomic E-state index is 11.8. The summed E-state index contributed by atoms with van der Waals surface area (Å²) in [6, 6.07) is -0.547. The molecule has 2 amide bonds. The first kappa shape index (κ1) is 15.8. The van der Waals surface area contributed by atoms with Crippen LogP contribution in [0.15, 0.2) is 0 Å². The van der Waals surface area contributed by atoms with Crippen molar-refractivity contribution in [3.8, 4) is 0 Å². The Kier molecular flexibility index (Phi) is 6.62. The lowest BCUT2D eigenvalue weighted by atomic mass is 9.84. The molecule has 3 N–H and O–H groups in total. The fourth-order valence-electron chi connectivity index (χ4n) is 2.40. The zero-order chi connectivity index (χ0) is 14.3. The van der Waals surface area contributed by atoms with Gasteiger partial charge in [0.15, 0.2) is 0 Å². The van der Waals surface area contributed by atoms with E-state index < -0.39 is 11.9 Å². The van der Waals surface area contributed by atoms with E-state index in [0.29, 0.717) is 13.0 Å². The van der Waals surface area contributed by atoms with Crippen LogP contribution in [0.5, 0.6) is 0 Å². The molecule has 1 rings (SSSR count). The molecule has 0 bridgehead atoms. The molecule has 0 aromatic heterocycles. The molecule has 0 spiro atoms. The molecule has 19 heavy (non-hydrogen) atoms. The van der Waals surface area contributed by atoms with Crippen molar-refractivity contribution in [3.63, 3.8) is 0 Å². The van der Waals surface area contributed by atoms with Crippen molar-refractivity contribution in [1.29, 1.82) is 0 Å². The highest BCUT2D eigenvalue weighted by Gasteiger charge is 2.31. The maximum atomic E-state index is 11.8. The molecular weight excluding hydrogens is 248 g/mol. The second kappa shape index (κ2) is 7.99. The smallest absolute Gasteiger partial charge is 0.315 e. The van der Waals surface area contributed by atoms with Crippen LogP contribution >= 0.6 is 0 Å². The first-order valence-electron chi connectivity index (χ1n) is 6.83. The van der Waals surface area contributed by atoms with E-state index in [1.165, 1.54) is 0 Å². The van der Waals surface area contributed by atoms with E-state index in [1.54, 1.807) is 7.11 Å². The Morgan fingerprint density at radius 1 is 1.37 bits per heavy atom. The van der Waals surface area contributed by atoms with Crippen molar-refractivity contribution in [3.05, 3.63) is 0 Å². The Hall–Kier alpha value is -1.30. The number of carbonyl (C=O) groups excluding carboxylic acids is 1. The van der Waals surface area contributed by atoms with Crippen molar-refractivity contribution >= 4 is 12.0 Å². The van der Waals surface area contributed by atoms with Crippen LogP contribution in [0.4, 0.5) is 4.79 Å². The Morgan fingerprint density at radius 2 is 2.05 bits per heavy atom. The zero-order valence-corrected chi connectivity index (χ0v) is 11.6. The fourth-order valence-corrected chi connectivity index (χ4v) is 2.40. The predicted molar refractivity (Wildman–Crippen MR) is 71.0 cm³/mol. The van der Waals surface area contributed by atoms with Crippen LogP contribution in [0.1, 0.15) is 39.0 Å². The number of amides is 2. The second-order valence-corrected chi connectivity index (χ2v) is 5.14. The summed E-state index contributed by atoms with van der Waals surface area (Å²) in [6.45, 7) is 2.48. The maximum Gasteiger partial charge on any atom is 0.315 e. The largest absolute Gasteiger partial charge is 0.481 e. The molecule has 0 saturated heterocycles. The highest BCUT2D eigenvalue weighted by molar-refractivity contribution is 5.77. The second-order valence-electron chi connectivity index (χ2n) is 5.14. The molecule has 1 aliphatic rings. The molecule has 0 aliphatic heterocycles. The standard InChI is InChI=1S/C13H24N2O4/c1-9(7-8-19-2)14-13(18)15-11-6-4-3-5-10(11)12(16)17/h9-11H,3-8H2,1-2H3,(H,16,17)(H2,14,15,18). The lowest BCUT2D eigenvalue weighted by molar-refractivity contribution is -0.143. The van der Waals surface area contributed by atoms with Gasteiger partial charge in [-0.1, -0.05) is 12.8 Å². The molecule has 1 fully saturated rings. The van der Waals surface area contributed by atoms with Gasteiger partial charge in [0, 0.05) is 25.8 Å². The number of hydrogen-bond donors (Lipinski definition) is 3. The molecule has 0 aromatic rings. The van der Waals surface area contributed by atoms with Crippen molar-refractivity contribution < 1.29 is 19.4 Å². The third-order valence-corrected chi connectivity index (χ3v) is 3.53. The summed E-state index contributed by atoms with van der Waals surface area (Å²) in [6.07, 6.45) is 3.99. The van der Waals surface area contributed by atoms with Gasteiger partial charge >= 0.3 is 12.0 Å². The number of carbonyl (C=O) groups is 2. The van der Waals surface area contributed by atoms with Crippen molar-refractivity contribution in [2.24, 2.45) is 5.92 Å². The Balaban J connectivity index is 2.39. The summed E-state index contributed by atoms with van der Waals surface area (Å²) in [7, 11) is 1.62. The van der Waals surface area contributed by atoms with Crippen molar-refractivity contribution in [2.75, 3.05) is 13.7 Å². The molecule has 6 heteroatoms. The van der Waals surface area contributed by atoms with Gasteiger partial charge in [0.2, 0.25) is 0 Å². The zero-order valence-electron chi connectivity index (χ0n) is 11.6. The number of ether oxygens (including phenoxy) is 1. The van der Waals surface area contributed by atoms with E-state index in [-0.39, 0.29) is 18.1 Å². The van der Waals surface area contributed by atoms with Crippen LogP contribution in [0.25, 0.3) is 0 Å². The highest BCUT2D eigenvalue weighted by atomic mass is 16.5. The summed E-state index contributed by atoms with van der Waals surface area (Å²) in [4.78, 5) is 22.9. The van der Waals surface area contributed by atoms with Gasteiger partial charge in [-0.15, -0.1) is 0 Å². The molecule has 3 unspecified atom stereocenters. The minimum absolute atomic E-state index is 0.00631. The molecule has 0 heterocycles. The Bertz CT molecular complexity index is 309. The number of carboxylic acid groups (broad SMARTS) is 1. The predicted octanol–water partition coefficient (Wildman–Crippen LogP) is 1.35. The fraction of sp³-hybridized carbons (Fsp3) is 0.846. The van der Waals surface area contributed by atoms with Gasteiger partial charge < -0.3 is 20.5 Å². The summed E-state index contributed by atoms with van der Waals surface area (Å²) in [5.41, 5.74) is 0. The van der Waals surface area contributed by atoms with E-state index in [1.807, 2.05) is 6.92 Å². The molecular formula is C13H24N2O4. The quantitative estimate of drug-likeness (QED) is 0.681. The summed E-state index contributed by atoms with van der Waals surface area (Å²) >= 11 is 0. The highest BCUT2D eigenvalue weighted by Crippen LogP contribution is 2.24.